The summed E-state index contributed by atoms with van der Waals surface area (Å²) < 4.78 is 0. The summed E-state index contributed by atoms with van der Waals surface area (Å²) >= 11 is 0. The van der Waals surface area contributed by atoms with Crippen LogP contribution < -0.4 is 11.2 Å². The Bertz CT molecular complexity index is 356. The molecule has 1 rings (SSSR count). The van der Waals surface area contributed by atoms with Crippen LogP contribution in [0.15, 0.2) is 24.3 Å². The first-order valence-corrected chi connectivity index (χ1v) is 4.44. The van der Waals surface area contributed by atoms with Gasteiger partial charge in [0, 0.05) is 0 Å². The van der Waals surface area contributed by atoms with Crippen LogP contribution in [0.3, 0.4) is 0 Å². The topological polar surface area (TPSA) is 104 Å². The van der Waals surface area contributed by atoms with Crippen LogP contribution in [0.2, 0.25) is 0 Å². The van der Waals surface area contributed by atoms with Crippen LogP contribution in [0, 0.1) is 0 Å². The molecule has 0 radical (unpaired) electrons. The second-order valence-electron chi connectivity index (χ2n) is 3.27. The van der Waals surface area contributed by atoms with Crippen molar-refractivity contribution in [2.75, 3.05) is 0 Å². The number of nitrogens with two attached hydrogens (primary N) is 1. The predicted molar refractivity (Wildman–Crippen MR) is 55.6 cm³/mol. The van der Waals surface area contributed by atoms with E-state index in [-0.39, 0.29) is 6.42 Å². The standard InChI is InChI=1S/C9H12BNO4/c11-8(9(12)13)5-6-2-1-3-7(4-6)10(14)15/h1-4,8,14-15H,5,11H2,(H,12,13). The van der Waals surface area contributed by atoms with Gasteiger partial charge in [-0.25, -0.2) is 0 Å². The van der Waals surface area contributed by atoms with Crippen molar-refractivity contribution in [3.63, 3.8) is 0 Å². The maximum absolute atomic E-state index is 10.5. The maximum atomic E-state index is 10.5. The number of carbonyl (C=O) groups is 1. The second kappa shape index (κ2) is 4.93. The summed E-state index contributed by atoms with van der Waals surface area (Å²) in [6.07, 6.45) is 0.163. The largest absolute Gasteiger partial charge is 0.488 e. The summed E-state index contributed by atoms with van der Waals surface area (Å²) in [5, 5.41) is 26.4. The summed E-state index contributed by atoms with van der Waals surface area (Å²) in [5.41, 5.74) is 6.34. The molecule has 0 aliphatic rings. The van der Waals surface area contributed by atoms with Gasteiger partial charge in [-0.1, -0.05) is 24.3 Å². The molecule has 5 nitrogen and oxygen atoms in total. The highest BCUT2D eigenvalue weighted by Crippen LogP contribution is 2.01. The Balaban J connectivity index is 2.78. The van der Waals surface area contributed by atoms with Crippen molar-refractivity contribution in [2.24, 2.45) is 5.73 Å². The third kappa shape index (κ3) is 3.36. The number of benzene rings is 1. The highest BCUT2D eigenvalue weighted by atomic mass is 16.4. The molecule has 80 valence electrons. The molecule has 15 heavy (non-hydrogen) atoms. The molecular weight excluding hydrogens is 197 g/mol. The number of rotatable bonds is 4. The quantitative estimate of drug-likeness (QED) is 0.443. The Labute approximate surface area is 87.3 Å². The number of carboxylic acids is 1. The number of aliphatic carboxylic acids is 1. The molecule has 1 atom stereocenters. The molecule has 0 aromatic heterocycles. The molecule has 1 unspecified atom stereocenters. The minimum absolute atomic E-state index is 0.163. The number of hydrogen-bond donors (Lipinski definition) is 4. The predicted octanol–water partition coefficient (Wildman–Crippen LogP) is -1.68. The Morgan fingerprint density at radius 1 is 1.47 bits per heavy atom. The van der Waals surface area contributed by atoms with Crippen molar-refractivity contribution in [1.29, 1.82) is 0 Å². The molecule has 0 fully saturated rings. The lowest BCUT2D eigenvalue weighted by Gasteiger charge is -2.07. The van der Waals surface area contributed by atoms with Gasteiger partial charge in [0.05, 0.1) is 0 Å². The van der Waals surface area contributed by atoms with Crippen LogP contribution in [-0.2, 0) is 11.2 Å². The van der Waals surface area contributed by atoms with Crippen molar-refractivity contribution < 1.29 is 19.9 Å². The maximum Gasteiger partial charge on any atom is 0.488 e. The smallest absolute Gasteiger partial charge is 0.480 e. The van der Waals surface area contributed by atoms with Crippen molar-refractivity contribution in [3.05, 3.63) is 29.8 Å². The van der Waals surface area contributed by atoms with E-state index in [9.17, 15) is 4.79 Å². The lowest BCUT2D eigenvalue weighted by Crippen LogP contribution is -2.34. The van der Waals surface area contributed by atoms with Gasteiger partial charge < -0.3 is 20.9 Å². The minimum atomic E-state index is -1.55. The van der Waals surface area contributed by atoms with Gasteiger partial charge in [0.15, 0.2) is 0 Å². The van der Waals surface area contributed by atoms with Crippen LogP contribution >= 0.6 is 0 Å². The average Bonchev–Trinajstić information content (AvgIpc) is 2.18. The normalized spacial score (nSPS) is 12.2. The van der Waals surface area contributed by atoms with Gasteiger partial charge in [-0.2, -0.15) is 0 Å². The van der Waals surface area contributed by atoms with E-state index in [1.165, 1.54) is 6.07 Å². The highest BCUT2D eigenvalue weighted by molar-refractivity contribution is 6.58. The van der Waals surface area contributed by atoms with Crippen LogP contribution in [0.1, 0.15) is 5.56 Å². The Hall–Kier alpha value is -1.37. The fourth-order valence-corrected chi connectivity index (χ4v) is 1.22. The van der Waals surface area contributed by atoms with E-state index in [0.29, 0.717) is 11.0 Å². The van der Waals surface area contributed by atoms with E-state index in [2.05, 4.69) is 0 Å². The van der Waals surface area contributed by atoms with Crippen LogP contribution in [0.5, 0.6) is 0 Å². The van der Waals surface area contributed by atoms with Gasteiger partial charge in [-0.3, -0.25) is 4.79 Å². The van der Waals surface area contributed by atoms with E-state index in [0.717, 1.165) is 0 Å². The van der Waals surface area contributed by atoms with Crippen molar-refractivity contribution >= 4 is 18.6 Å². The van der Waals surface area contributed by atoms with Gasteiger partial charge in [-0.15, -0.1) is 0 Å². The molecule has 0 spiro atoms. The molecule has 5 N–H and O–H groups in total. The summed E-state index contributed by atoms with van der Waals surface area (Å²) in [4.78, 5) is 10.5. The molecule has 0 amide bonds. The monoisotopic (exact) mass is 209 g/mol. The van der Waals surface area contributed by atoms with Crippen LogP contribution in [0.4, 0.5) is 0 Å². The van der Waals surface area contributed by atoms with E-state index in [1.54, 1.807) is 18.2 Å². The average molecular weight is 209 g/mol. The van der Waals surface area contributed by atoms with Crippen LogP contribution in [0.25, 0.3) is 0 Å². The van der Waals surface area contributed by atoms with Crippen molar-refractivity contribution in [3.8, 4) is 0 Å². The first-order valence-electron chi connectivity index (χ1n) is 4.44. The minimum Gasteiger partial charge on any atom is -0.480 e. The fraction of sp³-hybridized carbons (Fsp3) is 0.222. The zero-order chi connectivity index (χ0) is 11.4. The van der Waals surface area contributed by atoms with E-state index in [4.69, 9.17) is 20.9 Å². The lowest BCUT2D eigenvalue weighted by atomic mass is 9.79. The van der Waals surface area contributed by atoms with Gasteiger partial charge in [0.2, 0.25) is 0 Å². The summed E-state index contributed by atoms with van der Waals surface area (Å²) in [5.74, 6) is -1.08. The fourth-order valence-electron chi connectivity index (χ4n) is 1.22. The number of carboxylic acid groups (broad SMARTS) is 1. The second-order valence-corrected chi connectivity index (χ2v) is 3.27. The third-order valence-corrected chi connectivity index (χ3v) is 2.02. The van der Waals surface area contributed by atoms with E-state index in [1.807, 2.05) is 0 Å². The Morgan fingerprint density at radius 2 is 2.13 bits per heavy atom. The van der Waals surface area contributed by atoms with Gasteiger partial charge >= 0.3 is 13.1 Å². The molecule has 0 saturated carbocycles. The molecule has 1 aromatic carbocycles. The summed E-state index contributed by atoms with van der Waals surface area (Å²) in [6.45, 7) is 0. The summed E-state index contributed by atoms with van der Waals surface area (Å²) in [7, 11) is -1.55. The Morgan fingerprint density at radius 3 is 2.67 bits per heavy atom. The first kappa shape index (κ1) is 11.7. The lowest BCUT2D eigenvalue weighted by molar-refractivity contribution is -0.138. The number of hydrogen-bond acceptors (Lipinski definition) is 4. The molecule has 0 saturated heterocycles. The first-order chi connectivity index (χ1) is 7.00. The zero-order valence-corrected chi connectivity index (χ0v) is 8.00. The molecule has 0 aliphatic carbocycles. The molecule has 6 heteroatoms. The molecular formula is C9H12BNO4. The highest BCUT2D eigenvalue weighted by Gasteiger charge is 2.14. The molecule has 0 aliphatic heterocycles. The van der Waals surface area contributed by atoms with E-state index >= 15 is 0 Å². The van der Waals surface area contributed by atoms with Crippen molar-refractivity contribution in [1.82, 2.24) is 0 Å². The van der Waals surface area contributed by atoms with Crippen molar-refractivity contribution in [2.45, 2.75) is 12.5 Å². The Kier molecular flexibility index (Phi) is 3.84. The third-order valence-electron chi connectivity index (χ3n) is 2.02. The van der Waals surface area contributed by atoms with Gasteiger partial charge in [0.25, 0.3) is 0 Å². The van der Waals surface area contributed by atoms with Gasteiger partial charge in [0.1, 0.15) is 6.04 Å². The SMILES string of the molecule is NC(Cc1cccc(B(O)O)c1)C(=O)O. The molecule has 0 bridgehead atoms. The van der Waals surface area contributed by atoms with Crippen LogP contribution in [-0.4, -0.2) is 34.3 Å². The summed E-state index contributed by atoms with van der Waals surface area (Å²) in [6, 6.07) is 5.40. The van der Waals surface area contributed by atoms with Gasteiger partial charge in [-0.05, 0) is 17.4 Å². The molecule has 0 heterocycles. The molecule has 1 aromatic rings. The van der Waals surface area contributed by atoms with E-state index < -0.39 is 19.1 Å². The zero-order valence-electron chi connectivity index (χ0n) is 8.00.